The van der Waals surface area contributed by atoms with Gasteiger partial charge in [0.15, 0.2) is 11.5 Å². The summed E-state index contributed by atoms with van der Waals surface area (Å²) < 4.78 is 38.2. The SMILES string of the molecule is CCC[C@H](C)NS(=O)(=O)c1ccc(OCC)c(OCC)c1. The van der Waals surface area contributed by atoms with Crippen LogP contribution in [0.5, 0.6) is 11.5 Å². The van der Waals surface area contributed by atoms with Gasteiger partial charge in [0, 0.05) is 12.1 Å². The fourth-order valence-corrected chi connectivity index (χ4v) is 3.32. The van der Waals surface area contributed by atoms with Crippen molar-refractivity contribution in [2.45, 2.75) is 51.5 Å². The van der Waals surface area contributed by atoms with E-state index < -0.39 is 10.0 Å². The quantitative estimate of drug-likeness (QED) is 0.761. The molecule has 1 N–H and O–H groups in total. The number of hydrogen-bond acceptors (Lipinski definition) is 4. The minimum Gasteiger partial charge on any atom is -0.490 e. The van der Waals surface area contributed by atoms with Gasteiger partial charge in [0.25, 0.3) is 0 Å². The van der Waals surface area contributed by atoms with Gasteiger partial charge in [-0.2, -0.15) is 0 Å². The lowest BCUT2D eigenvalue weighted by Gasteiger charge is -2.15. The molecule has 120 valence electrons. The Hall–Kier alpha value is -1.27. The van der Waals surface area contributed by atoms with E-state index in [0.29, 0.717) is 24.7 Å². The van der Waals surface area contributed by atoms with Gasteiger partial charge in [-0.15, -0.1) is 0 Å². The smallest absolute Gasteiger partial charge is 0.240 e. The number of hydrogen-bond donors (Lipinski definition) is 1. The second-order valence-corrected chi connectivity index (χ2v) is 6.50. The van der Waals surface area contributed by atoms with E-state index in [1.807, 2.05) is 27.7 Å². The van der Waals surface area contributed by atoms with Crippen LogP contribution in [0.1, 0.15) is 40.5 Å². The van der Waals surface area contributed by atoms with Crippen LogP contribution in [0.15, 0.2) is 23.1 Å². The molecule has 1 atom stereocenters. The van der Waals surface area contributed by atoms with Crippen LogP contribution in [0.25, 0.3) is 0 Å². The first-order chi connectivity index (χ1) is 9.94. The Morgan fingerprint density at radius 1 is 1.10 bits per heavy atom. The standard InChI is InChI=1S/C15H25NO4S/c1-5-8-12(4)16-21(17,18)13-9-10-14(19-6-2)15(11-13)20-7-3/h9-12,16H,5-8H2,1-4H3/t12-/m0/s1. The zero-order valence-electron chi connectivity index (χ0n) is 13.2. The molecule has 1 aromatic rings. The Labute approximate surface area is 127 Å². The Balaban J connectivity index is 3.04. The van der Waals surface area contributed by atoms with Gasteiger partial charge in [-0.05, 0) is 39.3 Å². The van der Waals surface area contributed by atoms with Crippen molar-refractivity contribution >= 4 is 10.0 Å². The molecular weight excluding hydrogens is 290 g/mol. The fourth-order valence-electron chi connectivity index (χ4n) is 2.02. The van der Waals surface area contributed by atoms with Crippen molar-refractivity contribution in [2.75, 3.05) is 13.2 Å². The monoisotopic (exact) mass is 315 g/mol. The molecule has 0 aromatic heterocycles. The first-order valence-corrected chi connectivity index (χ1v) is 8.84. The van der Waals surface area contributed by atoms with Crippen LogP contribution in [0.3, 0.4) is 0 Å². The third-order valence-electron chi connectivity index (χ3n) is 2.90. The summed E-state index contributed by atoms with van der Waals surface area (Å²) >= 11 is 0. The molecule has 0 aliphatic carbocycles. The van der Waals surface area contributed by atoms with Crippen LogP contribution in [0, 0.1) is 0 Å². The van der Waals surface area contributed by atoms with Crippen LogP contribution < -0.4 is 14.2 Å². The molecule has 0 bridgehead atoms. The second kappa shape index (κ2) is 8.24. The Morgan fingerprint density at radius 2 is 1.71 bits per heavy atom. The van der Waals surface area contributed by atoms with Crippen LogP contribution in [0.2, 0.25) is 0 Å². The maximum atomic E-state index is 12.3. The minimum atomic E-state index is -3.54. The van der Waals surface area contributed by atoms with E-state index in [1.54, 1.807) is 6.07 Å². The average Bonchev–Trinajstić information content (AvgIpc) is 2.40. The highest BCUT2D eigenvalue weighted by molar-refractivity contribution is 7.89. The molecule has 0 saturated carbocycles. The third kappa shape index (κ3) is 5.21. The number of ether oxygens (including phenoxy) is 2. The summed E-state index contributed by atoms with van der Waals surface area (Å²) in [6.45, 7) is 8.54. The van der Waals surface area contributed by atoms with Gasteiger partial charge in [0.1, 0.15) is 0 Å². The van der Waals surface area contributed by atoms with Crippen molar-refractivity contribution in [1.29, 1.82) is 0 Å². The second-order valence-electron chi connectivity index (χ2n) is 4.79. The molecule has 0 unspecified atom stereocenters. The zero-order valence-corrected chi connectivity index (χ0v) is 14.0. The van der Waals surface area contributed by atoms with E-state index in [4.69, 9.17) is 9.47 Å². The molecule has 21 heavy (non-hydrogen) atoms. The average molecular weight is 315 g/mol. The summed E-state index contributed by atoms with van der Waals surface area (Å²) in [6, 6.07) is 4.58. The highest BCUT2D eigenvalue weighted by Crippen LogP contribution is 2.30. The molecule has 0 heterocycles. The van der Waals surface area contributed by atoms with Gasteiger partial charge in [-0.1, -0.05) is 13.3 Å². The van der Waals surface area contributed by atoms with Crippen molar-refractivity contribution < 1.29 is 17.9 Å². The molecule has 6 heteroatoms. The van der Waals surface area contributed by atoms with Crippen LogP contribution >= 0.6 is 0 Å². The van der Waals surface area contributed by atoms with Crippen molar-refractivity contribution in [3.8, 4) is 11.5 Å². The predicted octanol–water partition coefficient (Wildman–Crippen LogP) is 2.95. The van der Waals surface area contributed by atoms with E-state index in [9.17, 15) is 8.42 Å². The molecule has 0 fully saturated rings. The topological polar surface area (TPSA) is 64.6 Å². The molecule has 0 amide bonds. The van der Waals surface area contributed by atoms with Crippen LogP contribution in [-0.2, 0) is 10.0 Å². The van der Waals surface area contributed by atoms with Crippen molar-refractivity contribution in [3.05, 3.63) is 18.2 Å². The lowest BCUT2D eigenvalue weighted by molar-refractivity contribution is 0.287. The van der Waals surface area contributed by atoms with Gasteiger partial charge >= 0.3 is 0 Å². The first kappa shape index (κ1) is 17.8. The summed E-state index contributed by atoms with van der Waals surface area (Å²) in [6.07, 6.45) is 1.73. The van der Waals surface area contributed by atoms with Crippen molar-refractivity contribution in [2.24, 2.45) is 0 Å². The van der Waals surface area contributed by atoms with E-state index in [0.717, 1.165) is 12.8 Å². The molecule has 1 aromatic carbocycles. The normalized spacial score (nSPS) is 13.0. The molecule has 5 nitrogen and oxygen atoms in total. The molecule has 0 saturated heterocycles. The van der Waals surface area contributed by atoms with Gasteiger partial charge < -0.3 is 9.47 Å². The number of nitrogens with one attached hydrogen (secondary N) is 1. The Morgan fingerprint density at radius 3 is 2.29 bits per heavy atom. The predicted molar refractivity (Wildman–Crippen MR) is 83.5 cm³/mol. The lowest BCUT2D eigenvalue weighted by Crippen LogP contribution is -2.32. The molecule has 0 aliphatic heterocycles. The summed E-state index contributed by atoms with van der Waals surface area (Å²) in [7, 11) is -3.54. The maximum absolute atomic E-state index is 12.3. The van der Waals surface area contributed by atoms with Gasteiger partial charge in [-0.3, -0.25) is 0 Å². The van der Waals surface area contributed by atoms with Gasteiger partial charge in [0.05, 0.1) is 18.1 Å². The lowest BCUT2D eigenvalue weighted by atomic mass is 10.2. The molecule has 0 radical (unpaired) electrons. The number of benzene rings is 1. The maximum Gasteiger partial charge on any atom is 0.240 e. The van der Waals surface area contributed by atoms with E-state index >= 15 is 0 Å². The molecule has 1 rings (SSSR count). The highest BCUT2D eigenvalue weighted by Gasteiger charge is 2.19. The molecule has 0 aliphatic rings. The molecular formula is C15H25NO4S. The summed E-state index contributed by atoms with van der Waals surface area (Å²) in [5.41, 5.74) is 0. The summed E-state index contributed by atoms with van der Waals surface area (Å²) in [4.78, 5) is 0.192. The summed E-state index contributed by atoms with van der Waals surface area (Å²) in [5, 5.41) is 0. The largest absolute Gasteiger partial charge is 0.490 e. The van der Waals surface area contributed by atoms with Crippen molar-refractivity contribution in [3.63, 3.8) is 0 Å². The number of sulfonamides is 1. The van der Waals surface area contributed by atoms with Crippen molar-refractivity contribution in [1.82, 2.24) is 4.72 Å². The fraction of sp³-hybridized carbons (Fsp3) is 0.600. The van der Waals surface area contributed by atoms with E-state index in [1.165, 1.54) is 12.1 Å². The van der Waals surface area contributed by atoms with Crippen LogP contribution in [0.4, 0.5) is 0 Å². The number of rotatable bonds is 9. The Kier molecular flexibility index (Phi) is 6.98. The first-order valence-electron chi connectivity index (χ1n) is 7.36. The van der Waals surface area contributed by atoms with Gasteiger partial charge in [0.2, 0.25) is 10.0 Å². The highest BCUT2D eigenvalue weighted by atomic mass is 32.2. The Bertz CT molecular complexity index is 543. The minimum absolute atomic E-state index is 0.0953. The van der Waals surface area contributed by atoms with E-state index in [-0.39, 0.29) is 10.9 Å². The zero-order chi connectivity index (χ0) is 15.9. The van der Waals surface area contributed by atoms with Gasteiger partial charge in [-0.25, -0.2) is 13.1 Å². The summed E-state index contributed by atoms with van der Waals surface area (Å²) in [5.74, 6) is 1.00. The van der Waals surface area contributed by atoms with E-state index in [2.05, 4.69) is 4.72 Å². The third-order valence-corrected chi connectivity index (χ3v) is 4.49. The molecule has 0 spiro atoms. The van der Waals surface area contributed by atoms with Crippen LogP contribution in [-0.4, -0.2) is 27.7 Å².